The lowest BCUT2D eigenvalue weighted by Crippen LogP contribution is -1.97. The molecular formula is C23H20N6O2. The van der Waals surface area contributed by atoms with Crippen LogP contribution in [-0.4, -0.2) is 35.1 Å². The summed E-state index contributed by atoms with van der Waals surface area (Å²) in [7, 11) is 0. The van der Waals surface area contributed by atoms with Crippen molar-refractivity contribution in [3.8, 4) is 22.9 Å². The van der Waals surface area contributed by atoms with E-state index in [0.29, 0.717) is 6.61 Å². The normalized spacial score (nSPS) is 10.2. The highest BCUT2D eigenvalue weighted by Gasteiger charge is 1.99. The Bertz CT molecular complexity index is 1160. The van der Waals surface area contributed by atoms with E-state index in [0.717, 1.165) is 22.7 Å². The second-order valence-electron chi connectivity index (χ2n) is 6.48. The number of phenols is 1. The summed E-state index contributed by atoms with van der Waals surface area (Å²) < 4.78 is 9.05. The zero-order chi connectivity index (χ0) is 21.3. The van der Waals surface area contributed by atoms with Crippen molar-refractivity contribution < 1.29 is 9.84 Å². The standard InChI is InChI=1S/C15H13N3O.C8H7N3O/c1-2-4-13(5-3-1)12-19-15-8-6-14(7-9-15)18-11-10-16-17-18;12-8-3-1-7(2-4-8)11-6-5-9-10-11/h1-11H,12H2;1-6,12H. The minimum Gasteiger partial charge on any atom is -0.508 e. The topological polar surface area (TPSA) is 90.9 Å². The Morgan fingerprint density at radius 2 is 1.23 bits per heavy atom. The lowest BCUT2D eigenvalue weighted by Gasteiger charge is -2.07. The van der Waals surface area contributed by atoms with Gasteiger partial charge in [0.1, 0.15) is 18.1 Å². The predicted octanol–water partition coefficient (Wildman–Crippen LogP) is 3.82. The van der Waals surface area contributed by atoms with Gasteiger partial charge in [-0.3, -0.25) is 0 Å². The molecule has 0 aliphatic rings. The number of phenolic OH excluding ortho intramolecular Hbond substituents is 1. The molecule has 8 nitrogen and oxygen atoms in total. The van der Waals surface area contributed by atoms with Crippen molar-refractivity contribution in [1.82, 2.24) is 30.0 Å². The van der Waals surface area contributed by atoms with E-state index in [1.54, 1.807) is 58.4 Å². The van der Waals surface area contributed by atoms with Gasteiger partial charge in [-0.05, 0) is 54.1 Å². The molecule has 0 aliphatic carbocycles. The Labute approximate surface area is 179 Å². The highest BCUT2D eigenvalue weighted by atomic mass is 16.5. The van der Waals surface area contributed by atoms with Crippen molar-refractivity contribution in [3.63, 3.8) is 0 Å². The van der Waals surface area contributed by atoms with Gasteiger partial charge in [-0.2, -0.15) is 0 Å². The van der Waals surface area contributed by atoms with Crippen LogP contribution in [0.3, 0.4) is 0 Å². The lowest BCUT2D eigenvalue weighted by atomic mass is 10.2. The maximum Gasteiger partial charge on any atom is 0.119 e. The molecule has 0 spiro atoms. The molecule has 0 radical (unpaired) electrons. The summed E-state index contributed by atoms with van der Waals surface area (Å²) in [4.78, 5) is 0. The van der Waals surface area contributed by atoms with Crippen molar-refractivity contribution >= 4 is 0 Å². The summed E-state index contributed by atoms with van der Waals surface area (Å²) in [6.45, 7) is 0.573. The molecule has 0 saturated carbocycles. The quantitative estimate of drug-likeness (QED) is 0.472. The fourth-order valence-corrected chi connectivity index (χ4v) is 2.73. The number of benzene rings is 3. The van der Waals surface area contributed by atoms with Gasteiger partial charge < -0.3 is 9.84 Å². The van der Waals surface area contributed by atoms with Gasteiger partial charge in [0.05, 0.1) is 36.2 Å². The molecule has 0 unspecified atom stereocenters. The van der Waals surface area contributed by atoms with Crippen molar-refractivity contribution in [1.29, 1.82) is 0 Å². The highest BCUT2D eigenvalue weighted by Crippen LogP contribution is 2.16. The van der Waals surface area contributed by atoms with Crippen LogP contribution in [0.4, 0.5) is 0 Å². The van der Waals surface area contributed by atoms with Crippen LogP contribution in [0.5, 0.6) is 11.5 Å². The molecule has 31 heavy (non-hydrogen) atoms. The third-order valence-corrected chi connectivity index (χ3v) is 4.31. The van der Waals surface area contributed by atoms with E-state index in [4.69, 9.17) is 9.84 Å². The van der Waals surface area contributed by atoms with Gasteiger partial charge in [0.2, 0.25) is 0 Å². The van der Waals surface area contributed by atoms with Crippen molar-refractivity contribution in [2.45, 2.75) is 6.61 Å². The summed E-state index contributed by atoms with van der Waals surface area (Å²) in [5.74, 6) is 1.09. The van der Waals surface area contributed by atoms with Gasteiger partial charge in [-0.25, -0.2) is 9.36 Å². The molecule has 5 aromatic rings. The van der Waals surface area contributed by atoms with Crippen LogP contribution in [0.25, 0.3) is 11.4 Å². The van der Waals surface area contributed by atoms with Crippen LogP contribution in [0.1, 0.15) is 5.56 Å². The zero-order valence-electron chi connectivity index (χ0n) is 16.6. The minimum absolute atomic E-state index is 0.249. The maximum atomic E-state index is 9.01. The van der Waals surface area contributed by atoms with Crippen LogP contribution >= 0.6 is 0 Å². The fourth-order valence-electron chi connectivity index (χ4n) is 2.73. The molecule has 0 atom stereocenters. The van der Waals surface area contributed by atoms with Crippen LogP contribution in [0.15, 0.2) is 104 Å². The minimum atomic E-state index is 0.249. The molecular weight excluding hydrogens is 392 g/mol. The second kappa shape index (κ2) is 9.84. The third kappa shape index (κ3) is 5.54. The van der Waals surface area contributed by atoms with E-state index in [1.807, 2.05) is 54.6 Å². The van der Waals surface area contributed by atoms with E-state index in [9.17, 15) is 0 Å². The SMILES string of the molecule is Oc1ccc(-n2ccnn2)cc1.c1ccc(COc2ccc(-n3ccnn3)cc2)cc1. The molecule has 2 heterocycles. The van der Waals surface area contributed by atoms with Gasteiger partial charge in [0.25, 0.3) is 0 Å². The largest absolute Gasteiger partial charge is 0.508 e. The first kappa shape index (κ1) is 19.8. The van der Waals surface area contributed by atoms with Crippen LogP contribution in [0, 0.1) is 0 Å². The summed E-state index contributed by atoms with van der Waals surface area (Å²) in [5, 5.41) is 24.2. The first-order chi connectivity index (χ1) is 15.3. The molecule has 3 aromatic carbocycles. The van der Waals surface area contributed by atoms with Crippen LogP contribution < -0.4 is 4.74 Å². The van der Waals surface area contributed by atoms with Gasteiger partial charge >= 0.3 is 0 Å². The van der Waals surface area contributed by atoms with E-state index < -0.39 is 0 Å². The first-order valence-corrected chi connectivity index (χ1v) is 9.57. The number of hydrogen-bond donors (Lipinski definition) is 1. The lowest BCUT2D eigenvalue weighted by molar-refractivity contribution is 0.306. The molecule has 0 bridgehead atoms. The number of aromatic hydroxyl groups is 1. The van der Waals surface area contributed by atoms with Crippen molar-refractivity contribution in [2.75, 3.05) is 0 Å². The molecule has 8 heteroatoms. The summed E-state index contributed by atoms with van der Waals surface area (Å²) in [6.07, 6.45) is 6.80. The summed E-state index contributed by atoms with van der Waals surface area (Å²) >= 11 is 0. The maximum absolute atomic E-state index is 9.01. The second-order valence-corrected chi connectivity index (χ2v) is 6.48. The molecule has 154 valence electrons. The average Bonchev–Trinajstić information content (AvgIpc) is 3.55. The molecule has 5 rings (SSSR count). The monoisotopic (exact) mass is 412 g/mol. The highest BCUT2D eigenvalue weighted by molar-refractivity contribution is 5.37. The smallest absolute Gasteiger partial charge is 0.119 e. The van der Waals surface area contributed by atoms with Gasteiger partial charge in [-0.15, -0.1) is 10.2 Å². The molecule has 0 fully saturated rings. The van der Waals surface area contributed by atoms with Crippen molar-refractivity contribution in [2.24, 2.45) is 0 Å². The predicted molar refractivity (Wildman–Crippen MR) is 115 cm³/mol. The van der Waals surface area contributed by atoms with E-state index in [2.05, 4.69) is 20.6 Å². The molecule has 0 amide bonds. The molecule has 0 aliphatic heterocycles. The Kier molecular flexibility index (Phi) is 6.30. The van der Waals surface area contributed by atoms with Crippen LogP contribution in [0.2, 0.25) is 0 Å². The first-order valence-electron chi connectivity index (χ1n) is 9.57. The number of rotatable bonds is 5. The summed E-state index contributed by atoms with van der Waals surface area (Å²) in [6, 6.07) is 24.6. The van der Waals surface area contributed by atoms with Crippen LogP contribution in [-0.2, 0) is 6.61 Å². The fraction of sp³-hybridized carbons (Fsp3) is 0.0435. The van der Waals surface area contributed by atoms with Gasteiger partial charge in [0.15, 0.2) is 0 Å². The van der Waals surface area contributed by atoms with Gasteiger partial charge in [-0.1, -0.05) is 40.8 Å². The molecule has 2 aromatic heterocycles. The number of nitrogens with zero attached hydrogens (tertiary/aromatic N) is 6. The van der Waals surface area contributed by atoms with E-state index in [1.165, 1.54) is 0 Å². The Hall–Kier alpha value is -4.46. The summed E-state index contributed by atoms with van der Waals surface area (Å²) in [5.41, 5.74) is 3.00. The zero-order valence-corrected chi connectivity index (χ0v) is 16.6. The average molecular weight is 412 g/mol. The Morgan fingerprint density at radius 1 is 0.677 bits per heavy atom. The Balaban J connectivity index is 0.000000166. The number of aromatic nitrogens is 6. The molecule has 0 saturated heterocycles. The molecule has 1 N–H and O–H groups in total. The van der Waals surface area contributed by atoms with E-state index in [-0.39, 0.29) is 5.75 Å². The third-order valence-electron chi connectivity index (χ3n) is 4.31. The Morgan fingerprint density at radius 3 is 1.74 bits per heavy atom. The van der Waals surface area contributed by atoms with Crippen molar-refractivity contribution in [3.05, 3.63) is 109 Å². The van der Waals surface area contributed by atoms with E-state index >= 15 is 0 Å². The van der Waals surface area contributed by atoms with Gasteiger partial charge in [0, 0.05) is 0 Å². The number of ether oxygens (including phenoxy) is 1. The number of hydrogen-bond acceptors (Lipinski definition) is 6.